The molecule has 1 unspecified atom stereocenters. The molecule has 0 aromatic heterocycles. The fourth-order valence-corrected chi connectivity index (χ4v) is 5.93. The molecular weight excluding hydrogens is 332 g/mol. The second-order valence-corrected chi connectivity index (χ2v) is 11.4. The Morgan fingerprint density at radius 1 is 0.815 bits per heavy atom. The minimum atomic E-state index is 0.438. The zero-order valence-electron chi connectivity index (χ0n) is 18.3. The summed E-state index contributed by atoms with van der Waals surface area (Å²) in [5.74, 6) is 1.89. The van der Waals surface area contributed by atoms with E-state index < -0.39 is 0 Å². The molecule has 0 radical (unpaired) electrons. The average Bonchev–Trinajstić information content (AvgIpc) is 3.39. The lowest BCUT2D eigenvalue weighted by atomic mass is 9.85. The number of piperazine rings is 1. The van der Waals surface area contributed by atoms with Gasteiger partial charge in [-0.2, -0.15) is 0 Å². The molecule has 1 spiro atoms. The highest BCUT2D eigenvalue weighted by Crippen LogP contribution is 2.50. The van der Waals surface area contributed by atoms with Crippen molar-refractivity contribution in [3.63, 3.8) is 0 Å². The molecule has 1 atom stereocenters. The van der Waals surface area contributed by atoms with Gasteiger partial charge in [-0.05, 0) is 75.4 Å². The van der Waals surface area contributed by atoms with Crippen LogP contribution in [0, 0.1) is 17.3 Å². The standard InChI is InChI=1S/C23H44N4/c1-22(2,3)19-27-11-6-21(16-23(27)7-8-23)18-26-14-12-25(13-15-26)17-20-4-9-24-10-5-20/h20-21,24H,4-19H2,1-3H3. The summed E-state index contributed by atoms with van der Waals surface area (Å²) in [5, 5.41) is 3.50. The first-order chi connectivity index (χ1) is 12.9. The lowest BCUT2D eigenvalue weighted by Crippen LogP contribution is -2.52. The fourth-order valence-electron chi connectivity index (χ4n) is 5.93. The average molecular weight is 377 g/mol. The first-order valence-corrected chi connectivity index (χ1v) is 11.8. The van der Waals surface area contributed by atoms with Crippen LogP contribution in [0.3, 0.4) is 0 Å². The Labute approximate surface area is 168 Å². The minimum absolute atomic E-state index is 0.438. The van der Waals surface area contributed by atoms with Crippen LogP contribution in [0.4, 0.5) is 0 Å². The van der Waals surface area contributed by atoms with Crippen molar-refractivity contribution in [2.75, 3.05) is 65.4 Å². The van der Waals surface area contributed by atoms with Crippen molar-refractivity contribution >= 4 is 0 Å². The molecule has 1 saturated carbocycles. The summed E-state index contributed by atoms with van der Waals surface area (Å²) >= 11 is 0. The molecule has 1 N–H and O–H groups in total. The summed E-state index contributed by atoms with van der Waals surface area (Å²) in [6.45, 7) is 20.2. The van der Waals surface area contributed by atoms with Gasteiger partial charge < -0.3 is 15.1 Å². The third kappa shape index (κ3) is 5.46. The number of nitrogens with zero attached hydrogens (tertiary/aromatic N) is 3. The van der Waals surface area contributed by atoms with Crippen LogP contribution in [0.1, 0.15) is 59.3 Å². The van der Waals surface area contributed by atoms with Crippen molar-refractivity contribution in [1.29, 1.82) is 0 Å². The second kappa shape index (κ2) is 8.30. The van der Waals surface area contributed by atoms with Gasteiger partial charge in [-0.25, -0.2) is 0 Å². The maximum atomic E-state index is 3.50. The fraction of sp³-hybridized carbons (Fsp3) is 1.00. The molecule has 0 aromatic rings. The number of piperidine rings is 2. The molecule has 3 saturated heterocycles. The molecule has 4 rings (SSSR count). The van der Waals surface area contributed by atoms with Crippen LogP contribution in [-0.4, -0.2) is 85.7 Å². The highest BCUT2D eigenvalue weighted by atomic mass is 15.3. The molecule has 0 aromatic carbocycles. The highest BCUT2D eigenvalue weighted by molar-refractivity contribution is 5.08. The Bertz CT molecular complexity index is 467. The Morgan fingerprint density at radius 3 is 1.96 bits per heavy atom. The lowest BCUT2D eigenvalue weighted by Gasteiger charge is -2.45. The maximum absolute atomic E-state index is 3.50. The van der Waals surface area contributed by atoms with E-state index in [0.29, 0.717) is 11.0 Å². The van der Waals surface area contributed by atoms with E-state index in [1.807, 2.05) is 0 Å². The molecule has 4 aliphatic rings. The first kappa shape index (κ1) is 20.1. The van der Waals surface area contributed by atoms with Crippen LogP contribution in [0.15, 0.2) is 0 Å². The molecule has 27 heavy (non-hydrogen) atoms. The number of hydrogen-bond donors (Lipinski definition) is 1. The summed E-state index contributed by atoms with van der Waals surface area (Å²) in [6.07, 6.45) is 8.59. The van der Waals surface area contributed by atoms with Crippen LogP contribution in [0.25, 0.3) is 0 Å². The van der Waals surface area contributed by atoms with E-state index in [1.54, 1.807) is 0 Å². The summed E-state index contributed by atoms with van der Waals surface area (Å²) in [5.41, 5.74) is 1.04. The van der Waals surface area contributed by atoms with Crippen molar-refractivity contribution < 1.29 is 0 Å². The van der Waals surface area contributed by atoms with Crippen LogP contribution >= 0.6 is 0 Å². The second-order valence-electron chi connectivity index (χ2n) is 11.4. The maximum Gasteiger partial charge on any atom is 0.0214 e. The van der Waals surface area contributed by atoms with Gasteiger partial charge in [0.25, 0.3) is 0 Å². The molecule has 0 bridgehead atoms. The van der Waals surface area contributed by atoms with Crippen LogP contribution in [0.2, 0.25) is 0 Å². The zero-order chi connectivity index (χ0) is 18.9. The summed E-state index contributed by atoms with van der Waals surface area (Å²) < 4.78 is 0. The van der Waals surface area contributed by atoms with Crippen molar-refractivity contribution in [3.05, 3.63) is 0 Å². The van der Waals surface area contributed by atoms with Crippen molar-refractivity contribution in [1.82, 2.24) is 20.0 Å². The van der Waals surface area contributed by atoms with Gasteiger partial charge in [0, 0.05) is 51.4 Å². The molecule has 4 fully saturated rings. The van der Waals surface area contributed by atoms with Gasteiger partial charge in [0.05, 0.1) is 0 Å². The third-order valence-corrected chi connectivity index (χ3v) is 7.60. The quantitative estimate of drug-likeness (QED) is 0.796. The molecular formula is C23H44N4. The Morgan fingerprint density at radius 2 is 1.41 bits per heavy atom. The highest BCUT2D eigenvalue weighted by Gasteiger charge is 2.51. The topological polar surface area (TPSA) is 21.8 Å². The van der Waals surface area contributed by atoms with E-state index in [4.69, 9.17) is 0 Å². The van der Waals surface area contributed by atoms with E-state index in [-0.39, 0.29) is 0 Å². The predicted octanol–water partition coefficient (Wildman–Crippen LogP) is 2.89. The van der Waals surface area contributed by atoms with Crippen molar-refractivity contribution in [2.24, 2.45) is 17.3 Å². The van der Waals surface area contributed by atoms with E-state index in [9.17, 15) is 0 Å². The van der Waals surface area contributed by atoms with Crippen LogP contribution < -0.4 is 5.32 Å². The number of hydrogen-bond acceptors (Lipinski definition) is 4. The van der Waals surface area contributed by atoms with Gasteiger partial charge in [-0.1, -0.05) is 20.8 Å². The summed E-state index contributed by atoms with van der Waals surface area (Å²) in [6, 6.07) is 0. The molecule has 0 amide bonds. The molecule has 1 aliphatic carbocycles. The summed E-state index contributed by atoms with van der Waals surface area (Å²) in [7, 11) is 0. The largest absolute Gasteiger partial charge is 0.317 e. The predicted molar refractivity (Wildman–Crippen MR) is 114 cm³/mol. The number of rotatable bonds is 5. The third-order valence-electron chi connectivity index (χ3n) is 7.60. The molecule has 4 nitrogen and oxygen atoms in total. The van der Waals surface area contributed by atoms with Gasteiger partial charge in [0.15, 0.2) is 0 Å². The van der Waals surface area contributed by atoms with E-state index in [2.05, 4.69) is 40.8 Å². The summed E-state index contributed by atoms with van der Waals surface area (Å²) in [4.78, 5) is 8.40. The normalized spacial score (nSPS) is 31.4. The zero-order valence-corrected chi connectivity index (χ0v) is 18.3. The Balaban J connectivity index is 1.19. The van der Waals surface area contributed by atoms with Crippen LogP contribution in [0.5, 0.6) is 0 Å². The monoisotopic (exact) mass is 376 g/mol. The Hall–Kier alpha value is -0.160. The SMILES string of the molecule is CC(C)(C)CN1CCC(CN2CCN(CC3CCNCC3)CC2)CC12CC2. The van der Waals surface area contributed by atoms with Gasteiger partial charge in [0.2, 0.25) is 0 Å². The number of nitrogens with one attached hydrogen (secondary N) is 1. The van der Waals surface area contributed by atoms with Crippen molar-refractivity contribution in [2.45, 2.75) is 64.8 Å². The smallest absolute Gasteiger partial charge is 0.0214 e. The first-order valence-electron chi connectivity index (χ1n) is 11.8. The number of likely N-dealkylation sites (tertiary alicyclic amines) is 1. The van der Waals surface area contributed by atoms with E-state index >= 15 is 0 Å². The molecule has 3 aliphatic heterocycles. The van der Waals surface area contributed by atoms with E-state index in [0.717, 1.165) is 11.8 Å². The van der Waals surface area contributed by atoms with Gasteiger partial charge in [0.1, 0.15) is 0 Å². The Kier molecular flexibility index (Phi) is 6.18. The van der Waals surface area contributed by atoms with Gasteiger partial charge in [-0.3, -0.25) is 4.90 Å². The lowest BCUT2D eigenvalue weighted by molar-refractivity contribution is 0.0376. The minimum Gasteiger partial charge on any atom is -0.317 e. The van der Waals surface area contributed by atoms with Crippen molar-refractivity contribution in [3.8, 4) is 0 Å². The molecule has 156 valence electrons. The van der Waals surface area contributed by atoms with Gasteiger partial charge >= 0.3 is 0 Å². The molecule has 4 heteroatoms. The molecule has 3 heterocycles. The van der Waals surface area contributed by atoms with Crippen LogP contribution in [-0.2, 0) is 0 Å². The van der Waals surface area contributed by atoms with E-state index in [1.165, 1.54) is 104 Å². The van der Waals surface area contributed by atoms with Gasteiger partial charge in [-0.15, -0.1) is 0 Å².